The molecule has 1 aliphatic rings. The number of halogens is 1. The Balaban J connectivity index is 1.63. The molecule has 0 atom stereocenters. The molecule has 2 aromatic rings. The molecule has 0 spiro atoms. The van der Waals surface area contributed by atoms with E-state index in [0.717, 1.165) is 25.1 Å². The summed E-state index contributed by atoms with van der Waals surface area (Å²) in [6, 6.07) is 9.90. The van der Waals surface area contributed by atoms with Crippen LogP contribution in [0.2, 0.25) is 0 Å². The van der Waals surface area contributed by atoms with E-state index >= 15 is 0 Å². The zero-order valence-corrected chi connectivity index (χ0v) is 12.0. The lowest BCUT2D eigenvalue weighted by Crippen LogP contribution is -2.22. The molecule has 0 aliphatic heterocycles. The summed E-state index contributed by atoms with van der Waals surface area (Å²) in [5.41, 5.74) is 0.962. The first-order valence-electron chi connectivity index (χ1n) is 7.04. The molecule has 106 valence electrons. The number of nitrogens with zero attached hydrogens (tertiary/aromatic N) is 4. The first kappa shape index (κ1) is 13.4. The van der Waals surface area contributed by atoms with Crippen LogP contribution in [0.3, 0.4) is 0 Å². The average Bonchev–Trinajstić information content (AvgIpc) is 2.96. The Labute approximate surface area is 123 Å². The fraction of sp³-hybridized carbons (Fsp3) is 0.500. The van der Waals surface area contributed by atoms with Gasteiger partial charge in [0.2, 0.25) is 5.95 Å². The molecule has 1 aromatic heterocycles. The lowest BCUT2D eigenvalue weighted by atomic mass is 9.89. The van der Waals surface area contributed by atoms with Crippen LogP contribution in [0.4, 0.5) is 5.95 Å². The predicted octanol–water partition coefficient (Wildman–Crippen LogP) is 2.87. The summed E-state index contributed by atoms with van der Waals surface area (Å²) in [6.45, 7) is 0.900. The number of rotatable bonds is 4. The highest BCUT2D eigenvalue weighted by atomic mass is 35.5. The van der Waals surface area contributed by atoms with Gasteiger partial charge in [-0.15, -0.1) is 11.6 Å². The molecule has 0 saturated heterocycles. The number of alkyl halides is 1. The van der Waals surface area contributed by atoms with Crippen molar-refractivity contribution in [2.75, 3.05) is 11.9 Å². The Hall–Kier alpha value is -1.62. The average molecular weight is 292 g/mol. The summed E-state index contributed by atoms with van der Waals surface area (Å²) in [7, 11) is 0. The molecule has 3 rings (SSSR count). The summed E-state index contributed by atoms with van der Waals surface area (Å²) < 4.78 is 1.73. The van der Waals surface area contributed by atoms with Gasteiger partial charge in [-0.05, 0) is 54.2 Å². The molecule has 1 aliphatic carbocycles. The highest BCUT2D eigenvalue weighted by molar-refractivity contribution is 6.20. The maximum absolute atomic E-state index is 6.13. The minimum Gasteiger partial charge on any atom is -0.352 e. The van der Waals surface area contributed by atoms with Crippen LogP contribution in [0.15, 0.2) is 30.3 Å². The fourth-order valence-electron chi connectivity index (χ4n) is 2.60. The van der Waals surface area contributed by atoms with Gasteiger partial charge < -0.3 is 5.32 Å². The van der Waals surface area contributed by atoms with Crippen LogP contribution in [0, 0.1) is 5.92 Å². The first-order valence-corrected chi connectivity index (χ1v) is 7.48. The van der Waals surface area contributed by atoms with Crippen molar-refractivity contribution < 1.29 is 0 Å². The van der Waals surface area contributed by atoms with Crippen molar-refractivity contribution in [3.63, 3.8) is 0 Å². The van der Waals surface area contributed by atoms with Crippen molar-refractivity contribution in [1.82, 2.24) is 20.2 Å². The third-order valence-electron chi connectivity index (χ3n) is 3.80. The highest BCUT2D eigenvalue weighted by Gasteiger charge is 2.20. The molecule has 1 heterocycles. The Morgan fingerprint density at radius 2 is 1.90 bits per heavy atom. The van der Waals surface area contributed by atoms with Crippen LogP contribution < -0.4 is 5.32 Å². The molecule has 5 nitrogen and oxygen atoms in total. The van der Waals surface area contributed by atoms with Gasteiger partial charge in [-0.1, -0.05) is 23.3 Å². The summed E-state index contributed by atoms with van der Waals surface area (Å²) in [5, 5.41) is 15.6. The monoisotopic (exact) mass is 291 g/mol. The van der Waals surface area contributed by atoms with Crippen LogP contribution in [-0.4, -0.2) is 32.1 Å². The van der Waals surface area contributed by atoms with Crippen LogP contribution >= 0.6 is 11.6 Å². The summed E-state index contributed by atoms with van der Waals surface area (Å²) in [6.07, 6.45) is 4.57. The van der Waals surface area contributed by atoms with Gasteiger partial charge in [0, 0.05) is 11.9 Å². The summed E-state index contributed by atoms with van der Waals surface area (Å²) in [4.78, 5) is 0. The van der Waals surface area contributed by atoms with E-state index in [1.54, 1.807) is 4.68 Å². The van der Waals surface area contributed by atoms with Crippen molar-refractivity contribution in [2.45, 2.75) is 31.1 Å². The maximum Gasteiger partial charge on any atom is 0.247 e. The largest absolute Gasteiger partial charge is 0.352 e. The molecular weight excluding hydrogens is 274 g/mol. The summed E-state index contributed by atoms with van der Waals surface area (Å²) in [5.74, 6) is 1.36. The van der Waals surface area contributed by atoms with Crippen molar-refractivity contribution >= 4 is 17.5 Å². The van der Waals surface area contributed by atoms with E-state index in [0.29, 0.717) is 17.2 Å². The SMILES string of the molecule is ClC1CCC(CNc2nnnn2-c2ccccc2)CC1. The van der Waals surface area contributed by atoms with Crippen molar-refractivity contribution in [2.24, 2.45) is 5.92 Å². The molecule has 0 radical (unpaired) electrons. The van der Waals surface area contributed by atoms with Gasteiger partial charge in [0.1, 0.15) is 0 Å². The number of tetrazole rings is 1. The highest BCUT2D eigenvalue weighted by Crippen LogP contribution is 2.27. The molecule has 0 bridgehead atoms. The van der Waals surface area contributed by atoms with E-state index in [-0.39, 0.29) is 0 Å². The van der Waals surface area contributed by atoms with Crippen molar-refractivity contribution in [1.29, 1.82) is 0 Å². The minimum absolute atomic E-state index is 0.362. The smallest absolute Gasteiger partial charge is 0.247 e. The van der Waals surface area contributed by atoms with Crippen LogP contribution in [0.1, 0.15) is 25.7 Å². The molecule has 1 saturated carbocycles. The first-order chi connectivity index (χ1) is 9.83. The standard InChI is InChI=1S/C14H18ClN5/c15-12-8-6-11(7-9-12)10-16-14-17-18-19-20(14)13-4-2-1-3-5-13/h1-5,11-12H,6-10H2,(H,16,17,19). The number of benzene rings is 1. The lowest BCUT2D eigenvalue weighted by Gasteiger charge is -2.25. The van der Waals surface area contributed by atoms with Gasteiger partial charge in [-0.3, -0.25) is 0 Å². The fourth-order valence-corrected chi connectivity index (χ4v) is 2.85. The third-order valence-corrected chi connectivity index (χ3v) is 4.23. The number of hydrogen-bond acceptors (Lipinski definition) is 4. The Morgan fingerprint density at radius 1 is 1.15 bits per heavy atom. The van der Waals surface area contributed by atoms with Crippen LogP contribution in [0.5, 0.6) is 0 Å². The quantitative estimate of drug-likeness (QED) is 0.880. The van der Waals surface area contributed by atoms with Gasteiger partial charge >= 0.3 is 0 Å². The normalized spacial score (nSPS) is 22.6. The molecular formula is C14H18ClN5. The van der Waals surface area contributed by atoms with Crippen molar-refractivity contribution in [3.05, 3.63) is 30.3 Å². The van der Waals surface area contributed by atoms with E-state index < -0.39 is 0 Å². The van der Waals surface area contributed by atoms with Crippen molar-refractivity contribution in [3.8, 4) is 5.69 Å². The van der Waals surface area contributed by atoms with E-state index in [4.69, 9.17) is 11.6 Å². The second-order valence-corrected chi connectivity index (χ2v) is 5.87. The Bertz CT molecular complexity index is 534. The molecule has 1 fully saturated rings. The molecule has 0 unspecified atom stereocenters. The van der Waals surface area contributed by atoms with E-state index in [2.05, 4.69) is 20.8 Å². The number of nitrogens with one attached hydrogen (secondary N) is 1. The number of para-hydroxylation sites is 1. The summed E-state index contributed by atoms with van der Waals surface area (Å²) >= 11 is 6.13. The zero-order chi connectivity index (χ0) is 13.8. The van der Waals surface area contributed by atoms with Gasteiger partial charge in [0.05, 0.1) is 5.69 Å². The second kappa shape index (κ2) is 6.22. The minimum atomic E-state index is 0.362. The van der Waals surface area contributed by atoms with E-state index in [1.165, 1.54) is 12.8 Å². The second-order valence-electron chi connectivity index (χ2n) is 5.25. The molecule has 0 amide bonds. The molecule has 1 N–H and O–H groups in total. The van der Waals surface area contributed by atoms with Crippen LogP contribution in [0.25, 0.3) is 5.69 Å². The predicted molar refractivity (Wildman–Crippen MR) is 79.2 cm³/mol. The van der Waals surface area contributed by atoms with Gasteiger partial charge in [0.25, 0.3) is 0 Å². The number of hydrogen-bond donors (Lipinski definition) is 1. The number of anilines is 1. The van der Waals surface area contributed by atoms with Gasteiger partial charge in [-0.2, -0.15) is 4.68 Å². The van der Waals surface area contributed by atoms with Crippen LogP contribution in [-0.2, 0) is 0 Å². The van der Waals surface area contributed by atoms with E-state index in [9.17, 15) is 0 Å². The zero-order valence-electron chi connectivity index (χ0n) is 11.2. The van der Waals surface area contributed by atoms with E-state index in [1.807, 2.05) is 30.3 Å². The Kier molecular flexibility index (Phi) is 4.16. The topological polar surface area (TPSA) is 55.6 Å². The maximum atomic E-state index is 6.13. The molecule has 20 heavy (non-hydrogen) atoms. The van der Waals surface area contributed by atoms with Gasteiger partial charge in [0.15, 0.2) is 0 Å². The molecule has 1 aromatic carbocycles. The third kappa shape index (κ3) is 3.10. The number of aromatic nitrogens is 4. The Morgan fingerprint density at radius 3 is 2.65 bits per heavy atom. The van der Waals surface area contributed by atoms with Gasteiger partial charge in [-0.25, -0.2) is 0 Å². The molecule has 6 heteroatoms. The lowest BCUT2D eigenvalue weighted by molar-refractivity contribution is 0.377.